The van der Waals surface area contributed by atoms with Crippen molar-refractivity contribution in [1.82, 2.24) is 4.98 Å². The molecule has 0 aliphatic heterocycles. The maximum atomic E-state index is 11.8. The van der Waals surface area contributed by atoms with E-state index in [1.807, 2.05) is 0 Å². The first kappa shape index (κ1) is 23.4. The van der Waals surface area contributed by atoms with Gasteiger partial charge in [0.15, 0.2) is 0 Å². The lowest BCUT2D eigenvalue weighted by atomic mass is 9.98. The van der Waals surface area contributed by atoms with E-state index in [1.165, 1.54) is 24.5 Å². The standard InChI is InChI=1S/C21H16Cl2N6O2S/c1-10(30)21(31)29-16-6-11(4-5-27-16)18-14(8-24)17(19(32-18)20(26)28-9-25)13-3-2-12(22)7-15(13)23/h2-7,9-10,30H,1H3,(H3,25,26,28)(H,27,29,31)/t10-/m0/s1. The van der Waals surface area contributed by atoms with Gasteiger partial charge in [-0.2, -0.15) is 5.26 Å². The molecule has 0 aliphatic carbocycles. The van der Waals surface area contributed by atoms with Gasteiger partial charge in [0.25, 0.3) is 5.91 Å². The summed E-state index contributed by atoms with van der Waals surface area (Å²) in [5, 5.41) is 30.0. The Kier molecular flexibility index (Phi) is 7.22. The molecule has 11 heteroatoms. The second kappa shape index (κ2) is 9.89. The minimum Gasteiger partial charge on any atom is -0.384 e. The number of nitrogens with zero attached hydrogens (tertiary/aromatic N) is 3. The molecule has 0 fully saturated rings. The summed E-state index contributed by atoms with van der Waals surface area (Å²) in [5.41, 5.74) is 7.97. The summed E-state index contributed by atoms with van der Waals surface area (Å²) >= 11 is 13.6. The SMILES string of the molecule is C[C@H](O)C(=O)Nc1cc(-c2sc(C(N)=NC=N)c(-c3ccc(Cl)cc3Cl)c2C#N)ccn1. The lowest BCUT2D eigenvalue weighted by Gasteiger charge is -2.08. The van der Waals surface area contributed by atoms with Gasteiger partial charge in [-0.15, -0.1) is 11.3 Å². The number of benzene rings is 1. The first-order chi connectivity index (χ1) is 15.3. The second-order valence-electron chi connectivity index (χ2n) is 6.48. The Morgan fingerprint density at radius 3 is 2.78 bits per heavy atom. The monoisotopic (exact) mass is 486 g/mol. The fourth-order valence-electron chi connectivity index (χ4n) is 2.87. The molecule has 1 amide bonds. The van der Waals surface area contributed by atoms with Crippen LogP contribution < -0.4 is 11.1 Å². The number of thiophene rings is 1. The summed E-state index contributed by atoms with van der Waals surface area (Å²) in [4.78, 5) is 20.8. The van der Waals surface area contributed by atoms with Gasteiger partial charge in [-0.05, 0) is 36.8 Å². The van der Waals surface area contributed by atoms with Gasteiger partial charge in [0, 0.05) is 27.4 Å². The molecule has 2 aromatic heterocycles. The maximum absolute atomic E-state index is 11.8. The molecule has 0 saturated carbocycles. The van der Waals surface area contributed by atoms with Gasteiger partial charge in [-0.3, -0.25) is 10.2 Å². The van der Waals surface area contributed by atoms with Crippen molar-refractivity contribution in [1.29, 1.82) is 10.7 Å². The van der Waals surface area contributed by atoms with Gasteiger partial charge in [-0.25, -0.2) is 9.98 Å². The van der Waals surface area contributed by atoms with E-state index in [4.69, 9.17) is 34.3 Å². The van der Waals surface area contributed by atoms with Gasteiger partial charge in [0.2, 0.25) is 0 Å². The number of anilines is 1. The topological polar surface area (TPSA) is 148 Å². The maximum Gasteiger partial charge on any atom is 0.254 e. The van der Waals surface area contributed by atoms with Crippen LogP contribution in [0, 0.1) is 16.7 Å². The quantitative estimate of drug-likeness (QED) is 0.302. The number of nitriles is 1. The van der Waals surface area contributed by atoms with Crippen LogP contribution in [0.4, 0.5) is 5.82 Å². The number of aliphatic imine (C=N–C) groups is 1. The largest absolute Gasteiger partial charge is 0.384 e. The number of hydrogen-bond donors (Lipinski definition) is 4. The number of amides is 1. The zero-order chi connectivity index (χ0) is 23.4. The van der Waals surface area contributed by atoms with Gasteiger partial charge in [-0.1, -0.05) is 29.3 Å². The molecule has 2 heterocycles. The van der Waals surface area contributed by atoms with Crippen molar-refractivity contribution in [3.63, 3.8) is 0 Å². The normalized spacial score (nSPS) is 12.2. The second-order valence-corrected chi connectivity index (χ2v) is 8.35. The molecule has 0 unspecified atom stereocenters. The number of aliphatic hydroxyl groups is 1. The van der Waals surface area contributed by atoms with Crippen molar-refractivity contribution < 1.29 is 9.90 Å². The molecule has 3 aromatic rings. The molecule has 32 heavy (non-hydrogen) atoms. The van der Waals surface area contributed by atoms with Crippen LogP contribution in [0.15, 0.2) is 41.5 Å². The fraction of sp³-hybridized carbons (Fsp3) is 0.0952. The summed E-state index contributed by atoms with van der Waals surface area (Å²) in [6.45, 7) is 1.34. The van der Waals surface area contributed by atoms with E-state index in [0.717, 1.165) is 6.34 Å². The molecule has 1 aromatic carbocycles. The Bertz CT molecular complexity index is 1280. The summed E-state index contributed by atoms with van der Waals surface area (Å²) in [6, 6.07) is 10.3. The fourth-order valence-corrected chi connectivity index (χ4v) is 4.54. The smallest absolute Gasteiger partial charge is 0.254 e. The van der Waals surface area contributed by atoms with E-state index in [2.05, 4.69) is 21.4 Å². The van der Waals surface area contributed by atoms with Crippen LogP contribution in [0.1, 0.15) is 17.4 Å². The van der Waals surface area contributed by atoms with Crippen LogP contribution in [0.5, 0.6) is 0 Å². The molecule has 0 saturated heterocycles. The molecule has 1 atom stereocenters. The van der Waals surface area contributed by atoms with E-state index in [1.54, 1.807) is 30.3 Å². The number of halogens is 2. The van der Waals surface area contributed by atoms with Crippen LogP contribution in [0.25, 0.3) is 21.6 Å². The van der Waals surface area contributed by atoms with E-state index in [-0.39, 0.29) is 17.2 Å². The summed E-state index contributed by atoms with van der Waals surface area (Å²) in [5.74, 6) is -0.358. The van der Waals surface area contributed by atoms with Crippen LogP contribution in [-0.2, 0) is 4.79 Å². The van der Waals surface area contributed by atoms with E-state index < -0.39 is 12.0 Å². The third-order valence-electron chi connectivity index (χ3n) is 4.31. The number of carbonyl (C=O) groups excluding carboxylic acids is 1. The van der Waals surface area contributed by atoms with Gasteiger partial charge >= 0.3 is 0 Å². The van der Waals surface area contributed by atoms with Crippen molar-refractivity contribution in [2.45, 2.75) is 13.0 Å². The van der Waals surface area contributed by atoms with Gasteiger partial charge < -0.3 is 16.2 Å². The number of nitrogens with two attached hydrogens (primary N) is 1. The van der Waals surface area contributed by atoms with Gasteiger partial charge in [0.05, 0.1) is 15.3 Å². The highest BCUT2D eigenvalue weighted by Crippen LogP contribution is 2.44. The number of rotatable bonds is 6. The van der Waals surface area contributed by atoms with E-state index in [0.29, 0.717) is 36.5 Å². The number of carbonyl (C=O) groups is 1. The summed E-state index contributed by atoms with van der Waals surface area (Å²) in [6.07, 6.45) is 1.07. The number of amidine groups is 1. The number of aromatic nitrogens is 1. The molecule has 5 N–H and O–H groups in total. The van der Waals surface area contributed by atoms with Crippen LogP contribution in [-0.4, -0.2) is 34.3 Å². The molecule has 8 nitrogen and oxygen atoms in total. The molecular formula is C21H16Cl2N6O2S. The summed E-state index contributed by atoms with van der Waals surface area (Å²) in [7, 11) is 0. The molecule has 0 bridgehead atoms. The summed E-state index contributed by atoms with van der Waals surface area (Å²) < 4.78 is 0. The van der Waals surface area contributed by atoms with E-state index in [9.17, 15) is 15.2 Å². The number of aliphatic hydroxyl groups excluding tert-OH is 1. The first-order valence-electron chi connectivity index (χ1n) is 9.07. The predicted octanol–water partition coefficient (Wildman–Crippen LogP) is 4.29. The number of hydrogen-bond acceptors (Lipinski definition) is 6. The van der Waals surface area contributed by atoms with E-state index >= 15 is 0 Å². The Morgan fingerprint density at radius 2 is 2.16 bits per heavy atom. The van der Waals surface area contributed by atoms with Crippen molar-refractivity contribution in [2.75, 3.05) is 5.32 Å². The number of nitrogens with one attached hydrogen (secondary N) is 2. The first-order valence-corrected chi connectivity index (χ1v) is 10.6. The molecular weight excluding hydrogens is 471 g/mol. The Morgan fingerprint density at radius 1 is 1.41 bits per heavy atom. The Hall–Kier alpha value is -3.29. The van der Waals surface area contributed by atoms with Crippen molar-refractivity contribution in [3.8, 4) is 27.6 Å². The molecule has 0 spiro atoms. The average Bonchev–Trinajstić information content (AvgIpc) is 3.13. The lowest BCUT2D eigenvalue weighted by Crippen LogP contribution is -2.24. The minimum absolute atomic E-state index is 0.0467. The highest BCUT2D eigenvalue weighted by Gasteiger charge is 2.25. The van der Waals surface area contributed by atoms with Crippen molar-refractivity contribution in [3.05, 3.63) is 57.0 Å². The van der Waals surface area contributed by atoms with Crippen molar-refractivity contribution in [2.24, 2.45) is 10.7 Å². The molecule has 162 valence electrons. The molecule has 0 radical (unpaired) electrons. The minimum atomic E-state index is -1.21. The lowest BCUT2D eigenvalue weighted by molar-refractivity contribution is -0.123. The zero-order valence-corrected chi connectivity index (χ0v) is 18.9. The van der Waals surface area contributed by atoms with Crippen LogP contribution >= 0.6 is 34.5 Å². The highest BCUT2D eigenvalue weighted by atomic mass is 35.5. The van der Waals surface area contributed by atoms with Crippen molar-refractivity contribution >= 4 is 58.4 Å². The predicted molar refractivity (Wildman–Crippen MR) is 128 cm³/mol. The molecule has 3 rings (SSSR count). The number of pyridine rings is 1. The Balaban J connectivity index is 2.25. The third kappa shape index (κ3) is 4.79. The molecule has 0 aliphatic rings. The zero-order valence-electron chi connectivity index (χ0n) is 16.6. The van der Waals surface area contributed by atoms with Crippen LogP contribution in [0.3, 0.4) is 0 Å². The van der Waals surface area contributed by atoms with Crippen LogP contribution in [0.2, 0.25) is 10.0 Å². The van der Waals surface area contributed by atoms with Gasteiger partial charge in [0.1, 0.15) is 30.2 Å². The highest BCUT2D eigenvalue weighted by molar-refractivity contribution is 7.18. The average molecular weight is 487 g/mol. The third-order valence-corrected chi connectivity index (χ3v) is 6.12. The Labute approximate surface area is 197 Å².